The molecule has 3 aromatic rings. The summed E-state index contributed by atoms with van der Waals surface area (Å²) in [6.45, 7) is 2.81. The van der Waals surface area contributed by atoms with Crippen LogP contribution in [-0.2, 0) is 0 Å². The minimum atomic E-state index is -0.850. The number of pyridine rings is 1. The van der Waals surface area contributed by atoms with Crippen LogP contribution in [0.3, 0.4) is 0 Å². The van der Waals surface area contributed by atoms with E-state index in [1.54, 1.807) is 0 Å². The zero-order valence-corrected chi connectivity index (χ0v) is 13.0. The molecule has 3 rings (SSSR count). The third-order valence-corrected chi connectivity index (χ3v) is 3.76. The van der Waals surface area contributed by atoms with E-state index in [9.17, 15) is 30.4 Å². The first-order valence-corrected chi connectivity index (χ1v) is 6.96. The Balaban J connectivity index is 2.17. The Kier molecular flexibility index (Phi) is 3.52. The maximum atomic E-state index is 12.2. The Hall–Kier alpha value is -3.69. The van der Waals surface area contributed by atoms with Crippen LogP contribution in [0.4, 0.5) is 0 Å². The highest BCUT2D eigenvalue weighted by molar-refractivity contribution is 5.68. The average molecular weight is 347 g/mol. The molecule has 2 aromatic heterocycles. The Morgan fingerprint density at radius 1 is 1.04 bits per heavy atom. The Morgan fingerprint density at radius 3 is 2.24 bits per heavy atom. The van der Waals surface area contributed by atoms with Crippen LogP contribution in [0.1, 0.15) is 11.3 Å². The number of hydrogen-bond acceptors (Lipinski definition) is 9. The number of benzene rings is 1. The van der Waals surface area contributed by atoms with Gasteiger partial charge in [-0.2, -0.15) is 4.98 Å². The summed E-state index contributed by atoms with van der Waals surface area (Å²) in [7, 11) is 0. The monoisotopic (exact) mass is 347 g/mol. The topological polar surface area (TPSA) is 162 Å². The lowest BCUT2D eigenvalue weighted by Gasteiger charge is -2.09. The molecule has 0 saturated heterocycles. The molecule has 2 heterocycles. The van der Waals surface area contributed by atoms with Crippen molar-refractivity contribution >= 4 is 0 Å². The minimum absolute atomic E-state index is 0.0386. The van der Waals surface area contributed by atoms with Crippen LogP contribution in [0, 0.1) is 13.8 Å². The number of phenolic OH excluding ortho intramolecular Hbond substituents is 3. The van der Waals surface area contributed by atoms with Gasteiger partial charge in [-0.3, -0.25) is 4.79 Å². The van der Waals surface area contributed by atoms with Crippen LogP contribution < -0.4 is 5.56 Å². The summed E-state index contributed by atoms with van der Waals surface area (Å²) in [6.07, 6.45) is 0. The lowest BCUT2D eigenvalue weighted by molar-refractivity contribution is 0.165. The van der Waals surface area contributed by atoms with Gasteiger partial charge in [0.05, 0.1) is 11.3 Å². The van der Waals surface area contributed by atoms with E-state index in [4.69, 9.17) is 4.52 Å². The largest absolute Gasteiger partial charge is 0.506 e. The van der Waals surface area contributed by atoms with Gasteiger partial charge in [-0.25, -0.2) is 0 Å². The zero-order chi connectivity index (χ0) is 18.5. The molecule has 0 unspecified atom stereocenters. The predicted octanol–water partition coefficient (Wildman–Crippen LogP) is 1.24. The molecule has 1 aromatic carbocycles. The zero-order valence-electron chi connectivity index (χ0n) is 13.0. The molecule has 5 N–H and O–H groups in total. The van der Waals surface area contributed by atoms with Crippen molar-refractivity contribution in [2.24, 2.45) is 0 Å². The number of phenols is 3. The summed E-state index contributed by atoms with van der Waals surface area (Å²) >= 11 is 0. The van der Waals surface area contributed by atoms with Gasteiger partial charge in [0.1, 0.15) is 5.75 Å². The molecule has 0 aliphatic heterocycles. The highest BCUT2D eigenvalue weighted by Gasteiger charge is 2.23. The molecule has 0 spiro atoms. The van der Waals surface area contributed by atoms with Gasteiger partial charge in [0.25, 0.3) is 11.4 Å². The van der Waals surface area contributed by atoms with Crippen molar-refractivity contribution < 1.29 is 30.2 Å². The number of nitrogens with zero attached hydrogens (tertiary/aromatic N) is 3. The quantitative estimate of drug-likeness (QED) is 0.339. The molecule has 0 bridgehead atoms. The molecule has 0 aliphatic rings. The first kappa shape index (κ1) is 16.2. The molecule has 0 fully saturated rings. The van der Waals surface area contributed by atoms with Crippen molar-refractivity contribution in [2.45, 2.75) is 13.8 Å². The van der Waals surface area contributed by atoms with Gasteiger partial charge in [0, 0.05) is 11.1 Å². The summed E-state index contributed by atoms with van der Waals surface area (Å²) in [5, 5.41) is 51.8. The maximum absolute atomic E-state index is 12.2. The first-order valence-electron chi connectivity index (χ1n) is 6.96. The van der Waals surface area contributed by atoms with Crippen LogP contribution in [0.5, 0.6) is 23.0 Å². The van der Waals surface area contributed by atoms with E-state index in [0.717, 1.165) is 12.1 Å². The summed E-state index contributed by atoms with van der Waals surface area (Å²) < 4.78 is 5.27. The lowest BCUT2D eigenvalue weighted by atomic mass is 10.1. The Morgan fingerprint density at radius 2 is 1.64 bits per heavy atom. The highest BCUT2D eigenvalue weighted by Crippen LogP contribution is 2.38. The van der Waals surface area contributed by atoms with Crippen LogP contribution >= 0.6 is 0 Å². The molecule has 130 valence electrons. The van der Waals surface area contributed by atoms with Crippen molar-refractivity contribution in [3.63, 3.8) is 0 Å². The molecule has 0 radical (unpaired) electrons. The lowest BCUT2D eigenvalue weighted by Crippen LogP contribution is -2.23. The molecule has 25 heavy (non-hydrogen) atoms. The van der Waals surface area contributed by atoms with E-state index < -0.39 is 22.8 Å². The number of hydrogen-bond donors (Lipinski definition) is 5. The van der Waals surface area contributed by atoms with Gasteiger partial charge >= 0.3 is 0 Å². The summed E-state index contributed by atoms with van der Waals surface area (Å²) in [4.78, 5) is 16.2. The molecule has 0 aliphatic carbocycles. The van der Waals surface area contributed by atoms with Gasteiger partial charge in [0.2, 0.25) is 5.82 Å². The molecule has 10 heteroatoms. The number of rotatable bonds is 2. The van der Waals surface area contributed by atoms with Gasteiger partial charge in [-0.1, -0.05) is 5.16 Å². The molecular weight excluding hydrogens is 334 g/mol. The van der Waals surface area contributed by atoms with Crippen molar-refractivity contribution in [2.75, 3.05) is 0 Å². The third kappa shape index (κ3) is 2.40. The van der Waals surface area contributed by atoms with Crippen LogP contribution in [-0.4, -0.2) is 40.5 Å². The standard InChI is InChI=1S/C15H13N3O7/c1-5-10(15(23)18(24)6(2)11(5)21)13-16-14(25-17-13)7-3-8(19)12(22)9(20)4-7/h3-4,19-22,24H,1-2H3. The van der Waals surface area contributed by atoms with Crippen LogP contribution in [0.2, 0.25) is 0 Å². The van der Waals surface area contributed by atoms with Crippen LogP contribution in [0.25, 0.3) is 22.8 Å². The average Bonchev–Trinajstić information content (AvgIpc) is 3.05. The Labute approximate surface area is 139 Å². The molecular formula is C15H13N3O7. The van der Waals surface area contributed by atoms with E-state index in [1.807, 2.05) is 0 Å². The van der Waals surface area contributed by atoms with Gasteiger partial charge < -0.3 is 30.2 Å². The minimum Gasteiger partial charge on any atom is -0.506 e. The van der Waals surface area contributed by atoms with Crippen molar-refractivity contribution in [1.82, 2.24) is 14.9 Å². The first-order chi connectivity index (χ1) is 11.7. The SMILES string of the molecule is Cc1c(O)c(C)n(O)c(=O)c1-c1noc(-c2cc(O)c(O)c(O)c2)n1. The molecule has 0 saturated carbocycles. The van der Waals surface area contributed by atoms with Gasteiger partial charge in [-0.15, -0.1) is 4.73 Å². The normalized spacial score (nSPS) is 11.0. The van der Waals surface area contributed by atoms with Gasteiger partial charge in [0.15, 0.2) is 17.2 Å². The van der Waals surface area contributed by atoms with Crippen molar-refractivity contribution in [3.05, 3.63) is 33.7 Å². The van der Waals surface area contributed by atoms with E-state index >= 15 is 0 Å². The second kappa shape index (κ2) is 5.44. The third-order valence-electron chi connectivity index (χ3n) is 3.76. The second-order valence-electron chi connectivity index (χ2n) is 5.34. The van der Waals surface area contributed by atoms with Gasteiger partial charge in [-0.05, 0) is 26.0 Å². The predicted molar refractivity (Wildman–Crippen MR) is 82.7 cm³/mol. The molecule has 0 amide bonds. The van der Waals surface area contributed by atoms with E-state index in [-0.39, 0.29) is 44.6 Å². The Bertz CT molecular complexity index is 1030. The van der Waals surface area contributed by atoms with Crippen molar-refractivity contribution in [1.29, 1.82) is 0 Å². The molecule has 10 nitrogen and oxygen atoms in total. The van der Waals surface area contributed by atoms with Crippen LogP contribution in [0.15, 0.2) is 21.5 Å². The fourth-order valence-corrected chi connectivity index (χ4v) is 2.34. The van der Waals surface area contributed by atoms with Crippen molar-refractivity contribution in [3.8, 4) is 45.8 Å². The smallest absolute Gasteiger partial charge is 0.294 e. The van der Waals surface area contributed by atoms with E-state index in [2.05, 4.69) is 10.1 Å². The summed E-state index contributed by atoms with van der Waals surface area (Å²) in [5.74, 6) is -2.57. The fourth-order valence-electron chi connectivity index (χ4n) is 2.34. The number of aromatic hydroxyl groups is 4. The highest BCUT2D eigenvalue weighted by atomic mass is 16.5. The fraction of sp³-hybridized carbons (Fsp3) is 0.133. The maximum Gasteiger partial charge on any atom is 0.294 e. The molecule has 0 atom stereocenters. The second-order valence-corrected chi connectivity index (χ2v) is 5.34. The summed E-state index contributed by atoms with van der Waals surface area (Å²) in [5.41, 5.74) is -0.825. The number of aromatic nitrogens is 3. The van der Waals surface area contributed by atoms with E-state index in [1.165, 1.54) is 13.8 Å². The summed E-state index contributed by atoms with van der Waals surface area (Å²) in [6, 6.07) is 2.16. The van der Waals surface area contributed by atoms with E-state index in [0.29, 0.717) is 0 Å².